The van der Waals surface area contributed by atoms with E-state index in [1.807, 2.05) is 33.8 Å². The quantitative estimate of drug-likeness (QED) is 0.397. The van der Waals surface area contributed by atoms with E-state index in [1.165, 1.54) is 9.47 Å². The van der Waals surface area contributed by atoms with Gasteiger partial charge in [-0.25, -0.2) is 9.59 Å². The molecule has 0 bridgehead atoms. The van der Waals surface area contributed by atoms with Crippen LogP contribution in [0, 0.1) is 6.92 Å². The molecule has 0 fully saturated rings. The van der Waals surface area contributed by atoms with E-state index < -0.39 is 22.9 Å². The van der Waals surface area contributed by atoms with E-state index >= 15 is 0 Å². The molecule has 2 aromatic rings. The van der Waals surface area contributed by atoms with Gasteiger partial charge in [0.25, 0.3) is 0 Å². The molecule has 1 aliphatic rings. The Hall–Kier alpha value is -3.88. The molecule has 2 aromatic heterocycles. The van der Waals surface area contributed by atoms with Crippen molar-refractivity contribution in [2.24, 2.45) is 0 Å². The van der Waals surface area contributed by atoms with Crippen molar-refractivity contribution in [3.63, 3.8) is 0 Å². The molecule has 192 valence electrons. The summed E-state index contributed by atoms with van der Waals surface area (Å²) >= 11 is 0. The van der Waals surface area contributed by atoms with Crippen molar-refractivity contribution in [2.75, 3.05) is 11.5 Å². The minimum atomic E-state index is -0.681. The number of amides is 1. The van der Waals surface area contributed by atoms with E-state index in [9.17, 15) is 9.59 Å². The van der Waals surface area contributed by atoms with Crippen LogP contribution in [0.25, 0.3) is 0 Å². The second-order valence-electron chi connectivity index (χ2n) is 10.4. The molecule has 0 N–H and O–H groups in total. The third-order valence-electron chi connectivity index (χ3n) is 5.30. The van der Waals surface area contributed by atoms with Crippen LogP contribution in [0.15, 0.2) is 65.3 Å². The third kappa shape index (κ3) is 6.41. The Bertz CT molecular complexity index is 1280. The first kappa shape index (κ1) is 26.7. The molecular weight excluding hydrogens is 460 g/mol. The molecule has 9 nitrogen and oxygen atoms in total. The highest BCUT2D eigenvalue weighted by atomic mass is 16.6. The Morgan fingerprint density at radius 1 is 1.25 bits per heavy atom. The van der Waals surface area contributed by atoms with Gasteiger partial charge in [0.05, 0.1) is 12.1 Å². The van der Waals surface area contributed by atoms with Gasteiger partial charge in [-0.3, -0.25) is 14.5 Å². The largest absolute Gasteiger partial charge is 0.473 e. The zero-order valence-electron chi connectivity index (χ0n) is 22.0. The first-order chi connectivity index (χ1) is 16.7. The van der Waals surface area contributed by atoms with Gasteiger partial charge in [0.2, 0.25) is 5.88 Å². The van der Waals surface area contributed by atoms with Crippen LogP contribution in [0.2, 0.25) is 0 Å². The summed E-state index contributed by atoms with van der Waals surface area (Å²) in [6, 6.07) is 5.14. The fourth-order valence-corrected chi connectivity index (χ4v) is 3.70. The molecule has 1 aliphatic heterocycles. The van der Waals surface area contributed by atoms with Gasteiger partial charge in [-0.2, -0.15) is 4.98 Å². The highest BCUT2D eigenvalue weighted by Crippen LogP contribution is 2.35. The minimum Gasteiger partial charge on any atom is -0.473 e. The Labute approximate surface area is 211 Å². The van der Waals surface area contributed by atoms with Crippen molar-refractivity contribution in [3.8, 4) is 11.6 Å². The van der Waals surface area contributed by atoms with Crippen molar-refractivity contribution in [1.29, 1.82) is 0 Å². The maximum Gasteiger partial charge on any atom is 0.416 e. The van der Waals surface area contributed by atoms with Gasteiger partial charge in [0.1, 0.15) is 29.5 Å². The minimum absolute atomic E-state index is 0.0741. The van der Waals surface area contributed by atoms with Gasteiger partial charge < -0.3 is 14.2 Å². The number of allylic oxidation sites excluding steroid dienone is 1. The number of carbonyl (C=O) groups excluding carboxylic acids is 1. The van der Waals surface area contributed by atoms with Crippen molar-refractivity contribution >= 4 is 11.9 Å². The molecule has 0 atom stereocenters. The first-order valence-corrected chi connectivity index (χ1v) is 11.6. The maximum absolute atomic E-state index is 12.9. The molecule has 0 saturated carbocycles. The van der Waals surface area contributed by atoms with Crippen molar-refractivity contribution < 1.29 is 19.0 Å². The van der Waals surface area contributed by atoms with E-state index in [0.717, 1.165) is 11.3 Å². The zero-order valence-corrected chi connectivity index (χ0v) is 22.0. The number of rotatable bonds is 7. The van der Waals surface area contributed by atoms with Gasteiger partial charge in [-0.1, -0.05) is 13.2 Å². The van der Waals surface area contributed by atoms with Gasteiger partial charge in [0, 0.05) is 24.0 Å². The fourth-order valence-electron chi connectivity index (χ4n) is 3.70. The topological polar surface area (TPSA) is 95.8 Å². The van der Waals surface area contributed by atoms with E-state index in [2.05, 4.69) is 23.1 Å². The summed E-state index contributed by atoms with van der Waals surface area (Å²) < 4.78 is 18.6. The number of hydrogen-bond donors (Lipinski definition) is 0. The SMILES string of the molecule is C=C(/C=C(/C)C(=C)Oc1ccnc(C)c1)COc1cc2n(c(=O)n1)CC(C)(C)N2C(=O)OC(C)(C)C. The highest BCUT2D eigenvalue weighted by molar-refractivity contribution is 5.89. The summed E-state index contributed by atoms with van der Waals surface area (Å²) in [6.07, 6.45) is 2.91. The number of carbonyl (C=O) groups is 1. The lowest BCUT2D eigenvalue weighted by Gasteiger charge is -2.32. The summed E-state index contributed by atoms with van der Waals surface area (Å²) in [6.45, 7) is 21.2. The monoisotopic (exact) mass is 494 g/mol. The van der Waals surface area contributed by atoms with Gasteiger partial charge in [-0.15, -0.1) is 0 Å². The summed E-state index contributed by atoms with van der Waals surface area (Å²) in [5.74, 6) is 1.57. The van der Waals surface area contributed by atoms with Crippen molar-refractivity contribution in [1.82, 2.24) is 14.5 Å². The molecule has 36 heavy (non-hydrogen) atoms. The van der Waals surface area contributed by atoms with Gasteiger partial charge >= 0.3 is 11.8 Å². The molecule has 3 heterocycles. The lowest BCUT2D eigenvalue weighted by Crippen LogP contribution is -2.47. The van der Waals surface area contributed by atoms with Gasteiger partial charge in [0.15, 0.2) is 0 Å². The maximum atomic E-state index is 12.9. The van der Waals surface area contributed by atoms with Crippen LogP contribution in [-0.2, 0) is 11.3 Å². The van der Waals surface area contributed by atoms with Gasteiger partial charge in [-0.05, 0) is 71.8 Å². The van der Waals surface area contributed by atoms with Crippen molar-refractivity contribution in [3.05, 3.63) is 76.7 Å². The molecule has 0 aromatic carbocycles. The molecule has 1 amide bonds. The second kappa shape index (κ2) is 10.0. The van der Waals surface area contributed by atoms with Crippen LogP contribution in [0.3, 0.4) is 0 Å². The normalized spacial score (nSPS) is 14.8. The average Bonchev–Trinajstić information content (AvgIpc) is 3.01. The molecule has 0 aliphatic carbocycles. The standard InChI is InChI=1S/C27H34N4O5/c1-17(12-18(2)20(4)35-21-10-11-28-19(3)13-21)15-34-22-14-23-30(24(32)29-22)16-27(8,9)31(23)25(33)36-26(5,6)7/h10-14H,1,4,15-16H2,2-3,5-9H3/b18-12-. The number of aromatic nitrogens is 3. The number of anilines is 1. The van der Waals surface area contributed by atoms with Crippen LogP contribution >= 0.6 is 0 Å². The van der Waals surface area contributed by atoms with Crippen LogP contribution in [-0.4, -0.2) is 38.4 Å². The molecule has 3 rings (SSSR count). The summed E-state index contributed by atoms with van der Waals surface area (Å²) in [4.78, 5) is 35.3. The zero-order chi connectivity index (χ0) is 26.8. The Kier molecular flexibility index (Phi) is 7.43. The second-order valence-corrected chi connectivity index (χ2v) is 10.4. The molecule has 0 spiro atoms. The van der Waals surface area contributed by atoms with E-state index in [-0.39, 0.29) is 12.5 Å². The van der Waals surface area contributed by atoms with Crippen LogP contribution < -0.4 is 20.1 Å². The van der Waals surface area contributed by atoms with E-state index in [4.69, 9.17) is 14.2 Å². The average molecular weight is 495 g/mol. The van der Waals surface area contributed by atoms with Crippen molar-refractivity contribution in [2.45, 2.75) is 66.2 Å². The number of fused-ring (bicyclic) bond motifs is 1. The number of pyridine rings is 1. The summed E-state index contributed by atoms with van der Waals surface area (Å²) in [5, 5.41) is 0. The Morgan fingerprint density at radius 2 is 1.94 bits per heavy atom. The summed E-state index contributed by atoms with van der Waals surface area (Å²) in [7, 11) is 0. The highest BCUT2D eigenvalue weighted by Gasteiger charge is 2.43. The molecular formula is C27H34N4O5. The third-order valence-corrected chi connectivity index (χ3v) is 5.30. The van der Waals surface area contributed by atoms with E-state index in [1.54, 1.807) is 45.2 Å². The molecule has 9 heteroatoms. The lowest BCUT2D eigenvalue weighted by molar-refractivity contribution is 0.0552. The Morgan fingerprint density at radius 3 is 2.58 bits per heavy atom. The predicted octanol–water partition coefficient (Wildman–Crippen LogP) is 4.95. The van der Waals surface area contributed by atoms with Crippen LogP contribution in [0.1, 0.15) is 47.2 Å². The molecule has 0 unspecified atom stereocenters. The van der Waals surface area contributed by atoms with Crippen LogP contribution in [0.4, 0.5) is 10.6 Å². The fraction of sp³-hybridized carbons (Fsp3) is 0.407. The number of nitrogens with zero attached hydrogens (tertiary/aromatic N) is 4. The number of hydrogen-bond acceptors (Lipinski definition) is 7. The summed E-state index contributed by atoms with van der Waals surface area (Å²) in [5.41, 5.74) is 0.359. The van der Waals surface area contributed by atoms with Crippen LogP contribution in [0.5, 0.6) is 11.6 Å². The Balaban J connectivity index is 1.72. The van der Waals surface area contributed by atoms with E-state index in [0.29, 0.717) is 29.4 Å². The molecule has 0 radical (unpaired) electrons. The predicted molar refractivity (Wildman–Crippen MR) is 138 cm³/mol. The smallest absolute Gasteiger partial charge is 0.416 e. The molecule has 0 saturated heterocycles. The lowest BCUT2D eigenvalue weighted by atomic mass is 10.1. The number of ether oxygens (including phenoxy) is 3. The number of aryl methyl sites for hydroxylation is 1. The first-order valence-electron chi connectivity index (χ1n) is 11.6.